The number of aryl methyl sites for hydroxylation is 1. The number of anilines is 1. The van der Waals surface area contributed by atoms with Crippen molar-refractivity contribution in [2.24, 2.45) is 0 Å². The highest BCUT2D eigenvalue weighted by Gasteiger charge is 2.26. The van der Waals surface area contributed by atoms with Crippen LogP contribution in [0.15, 0.2) is 18.2 Å². The number of aromatic amines is 1. The normalized spacial score (nSPS) is 15.1. The summed E-state index contributed by atoms with van der Waals surface area (Å²) in [5.41, 5.74) is 3.41. The zero-order chi connectivity index (χ0) is 22.0. The van der Waals surface area contributed by atoms with Gasteiger partial charge < -0.3 is 25.5 Å². The molecule has 9 heteroatoms. The van der Waals surface area contributed by atoms with Crippen LogP contribution in [0.25, 0.3) is 11.6 Å². The highest BCUT2D eigenvalue weighted by Crippen LogP contribution is 2.34. The Morgan fingerprint density at radius 2 is 2.07 bits per heavy atom. The van der Waals surface area contributed by atoms with Gasteiger partial charge in [0.2, 0.25) is 0 Å². The molecule has 2 amide bonds. The maximum atomic E-state index is 13.6. The molecular formula is C21H22FN3O5. The highest BCUT2D eigenvalue weighted by atomic mass is 19.1. The molecule has 30 heavy (non-hydrogen) atoms. The summed E-state index contributed by atoms with van der Waals surface area (Å²) in [4.78, 5) is 38.9. The molecule has 1 aromatic heterocycles. The number of rotatable bonds is 7. The Morgan fingerprint density at radius 1 is 1.33 bits per heavy atom. The Kier molecular flexibility index (Phi) is 6.02. The number of carboxylic acids is 1. The Morgan fingerprint density at radius 3 is 2.73 bits per heavy atom. The minimum Gasteiger partial charge on any atom is -0.481 e. The largest absolute Gasteiger partial charge is 0.481 e. The molecule has 1 unspecified atom stereocenters. The smallest absolute Gasteiger partial charge is 0.306 e. The van der Waals surface area contributed by atoms with Gasteiger partial charge in [-0.2, -0.15) is 0 Å². The molecule has 0 spiro atoms. The average Bonchev–Trinajstić information content (AvgIpc) is 3.14. The fourth-order valence-corrected chi connectivity index (χ4v) is 3.44. The topological polar surface area (TPSA) is 121 Å². The standard InChI is InChI=1S/C21H22FN3O5/c1-10-17(8-15-14-6-12(22)4-5-16(14)25-20(15)28)24-11(2)19(10)21(29)23-9-13(30-3)7-18(26)27/h4-6,8,13,24H,7,9H2,1-3H3,(H,23,29)(H,25,28)(H,26,27). The summed E-state index contributed by atoms with van der Waals surface area (Å²) in [5, 5.41) is 14.2. The second kappa shape index (κ2) is 8.50. The van der Waals surface area contributed by atoms with E-state index >= 15 is 0 Å². The molecule has 4 N–H and O–H groups in total. The Bertz CT molecular complexity index is 1060. The molecular weight excluding hydrogens is 393 g/mol. The van der Waals surface area contributed by atoms with Crippen LogP contribution in [0, 0.1) is 19.7 Å². The van der Waals surface area contributed by atoms with Crippen molar-refractivity contribution in [2.75, 3.05) is 19.0 Å². The monoisotopic (exact) mass is 415 g/mol. The number of H-pyrrole nitrogens is 1. The molecule has 0 fully saturated rings. The first kappa shape index (κ1) is 21.3. The van der Waals surface area contributed by atoms with Crippen molar-refractivity contribution < 1.29 is 28.6 Å². The Labute approximate surface area is 172 Å². The van der Waals surface area contributed by atoms with Gasteiger partial charge in [-0.3, -0.25) is 14.4 Å². The van der Waals surface area contributed by atoms with Crippen molar-refractivity contribution in [1.82, 2.24) is 10.3 Å². The van der Waals surface area contributed by atoms with E-state index < -0.39 is 17.9 Å². The molecule has 0 saturated carbocycles. The lowest BCUT2D eigenvalue weighted by Crippen LogP contribution is -2.34. The van der Waals surface area contributed by atoms with Crippen molar-refractivity contribution in [3.05, 3.63) is 52.1 Å². The Balaban J connectivity index is 1.85. The third kappa shape index (κ3) is 4.25. The van der Waals surface area contributed by atoms with Crippen molar-refractivity contribution >= 4 is 35.1 Å². The summed E-state index contributed by atoms with van der Waals surface area (Å²) in [7, 11) is 1.38. The quantitative estimate of drug-likeness (QED) is 0.518. The van der Waals surface area contributed by atoms with E-state index in [1.807, 2.05) is 0 Å². The second-order valence-corrected chi connectivity index (χ2v) is 7.03. The minimum absolute atomic E-state index is 0.0389. The van der Waals surface area contributed by atoms with Gasteiger partial charge in [0.05, 0.1) is 23.7 Å². The van der Waals surface area contributed by atoms with E-state index in [0.717, 1.165) is 0 Å². The fraction of sp³-hybridized carbons (Fsp3) is 0.286. The van der Waals surface area contributed by atoms with E-state index in [0.29, 0.717) is 39.3 Å². The van der Waals surface area contributed by atoms with Gasteiger partial charge in [0, 0.05) is 36.3 Å². The Hall–Kier alpha value is -3.46. The zero-order valence-corrected chi connectivity index (χ0v) is 16.8. The number of amides is 2. The van der Waals surface area contributed by atoms with Crippen LogP contribution in [0.1, 0.15) is 39.3 Å². The van der Waals surface area contributed by atoms with Crippen LogP contribution in [0.3, 0.4) is 0 Å². The number of carboxylic acid groups (broad SMARTS) is 1. The number of nitrogens with one attached hydrogen (secondary N) is 3. The minimum atomic E-state index is -1.02. The highest BCUT2D eigenvalue weighted by molar-refractivity contribution is 6.34. The molecule has 2 aromatic rings. The summed E-state index contributed by atoms with van der Waals surface area (Å²) >= 11 is 0. The lowest BCUT2D eigenvalue weighted by Gasteiger charge is -2.14. The van der Waals surface area contributed by atoms with Gasteiger partial charge in [0.25, 0.3) is 11.8 Å². The molecule has 0 saturated heterocycles. The number of fused-ring (bicyclic) bond motifs is 1. The molecule has 1 aliphatic heterocycles. The number of carbonyl (C=O) groups is 3. The van der Waals surface area contributed by atoms with E-state index in [1.54, 1.807) is 19.9 Å². The first-order chi connectivity index (χ1) is 14.2. The van der Waals surface area contributed by atoms with Gasteiger partial charge in [-0.1, -0.05) is 0 Å². The number of carbonyl (C=O) groups excluding carboxylic acids is 2. The van der Waals surface area contributed by atoms with Crippen molar-refractivity contribution in [3.63, 3.8) is 0 Å². The average molecular weight is 415 g/mol. The summed E-state index contributed by atoms with van der Waals surface area (Å²) in [5.74, 6) is -2.22. The summed E-state index contributed by atoms with van der Waals surface area (Å²) in [6.45, 7) is 3.49. The number of benzene rings is 1. The molecule has 1 aromatic carbocycles. The van der Waals surface area contributed by atoms with Crippen LogP contribution in [-0.4, -0.2) is 47.6 Å². The molecule has 2 heterocycles. The first-order valence-electron chi connectivity index (χ1n) is 9.26. The molecule has 158 valence electrons. The van der Waals surface area contributed by atoms with Crippen LogP contribution in [0.4, 0.5) is 10.1 Å². The first-order valence-corrected chi connectivity index (χ1v) is 9.26. The lowest BCUT2D eigenvalue weighted by atomic mass is 10.0. The molecule has 3 rings (SSSR count). The van der Waals surface area contributed by atoms with Crippen LogP contribution >= 0.6 is 0 Å². The zero-order valence-electron chi connectivity index (χ0n) is 16.8. The van der Waals surface area contributed by atoms with Gasteiger partial charge in [-0.05, 0) is 43.7 Å². The van der Waals surface area contributed by atoms with E-state index in [2.05, 4.69) is 15.6 Å². The van der Waals surface area contributed by atoms with E-state index in [-0.39, 0.29) is 24.8 Å². The van der Waals surface area contributed by atoms with Crippen molar-refractivity contribution in [3.8, 4) is 0 Å². The third-order valence-electron chi connectivity index (χ3n) is 4.98. The predicted octanol–water partition coefficient (Wildman–Crippen LogP) is 2.48. The van der Waals surface area contributed by atoms with Crippen molar-refractivity contribution in [1.29, 1.82) is 0 Å². The van der Waals surface area contributed by atoms with Gasteiger partial charge in [0.15, 0.2) is 0 Å². The number of hydrogen-bond donors (Lipinski definition) is 4. The molecule has 0 aliphatic carbocycles. The van der Waals surface area contributed by atoms with Crippen LogP contribution in [0.2, 0.25) is 0 Å². The fourth-order valence-electron chi connectivity index (χ4n) is 3.44. The third-order valence-corrected chi connectivity index (χ3v) is 4.98. The van der Waals surface area contributed by atoms with Gasteiger partial charge in [0.1, 0.15) is 5.82 Å². The second-order valence-electron chi connectivity index (χ2n) is 7.03. The number of aliphatic carboxylic acids is 1. The van der Waals surface area contributed by atoms with E-state index in [4.69, 9.17) is 9.84 Å². The summed E-state index contributed by atoms with van der Waals surface area (Å²) in [6, 6.07) is 4.05. The maximum absolute atomic E-state index is 13.6. The maximum Gasteiger partial charge on any atom is 0.306 e. The molecule has 0 radical (unpaired) electrons. The SMILES string of the molecule is COC(CNC(=O)c1c(C)[nH]c(C=C2C(=O)Nc3ccc(F)cc32)c1C)CC(=O)O. The lowest BCUT2D eigenvalue weighted by molar-refractivity contribution is -0.139. The van der Waals surface area contributed by atoms with Crippen LogP contribution in [-0.2, 0) is 14.3 Å². The number of methoxy groups -OCH3 is 1. The number of halogens is 1. The summed E-state index contributed by atoms with van der Waals surface area (Å²) in [6.07, 6.45) is 0.702. The van der Waals surface area contributed by atoms with E-state index in [9.17, 15) is 18.8 Å². The molecule has 8 nitrogen and oxygen atoms in total. The number of hydrogen-bond acceptors (Lipinski definition) is 4. The van der Waals surface area contributed by atoms with Crippen LogP contribution in [0.5, 0.6) is 0 Å². The summed E-state index contributed by atoms with van der Waals surface area (Å²) < 4.78 is 18.7. The van der Waals surface area contributed by atoms with Crippen LogP contribution < -0.4 is 10.6 Å². The number of ether oxygens (including phenoxy) is 1. The van der Waals surface area contributed by atoms with E-state index in [1.165, 1.54) is 25.3 Å². The van der Waals surface area contributed by atoms with Gasteiger partial charge in [-0.25, -0.2) is 4.39 Å². The van der Waals surface area contributed by atoms with Gasteiger partial charge >= 0.3 is 5.97 Å². The molecule has 1 aliphatic rings. The molecule has 0 bridgehead atoms. The van der Waals surface area contributed by atoms with Crippen molar-refractivity contribution in [2.45, 2.75) is 26.4 Å². The molecule has 1 atom stereocenters. The van der Waals surface area contributed by atoms with Gasteiger partial charge in [-0.15, -0.1) is 0 Å². The predicted molar refractivity (Wildman–Crippen MR) is 109 cm³/mol. The number of aromatic nitrogens is 1.